The Morgan fingerprint density at radius 1 is 1.44 bits per heavy atom. The predicted molar refractivity (Wildman–Crippen MR) is 70.3 cm³/mol. The van der Waals surface area contributed by atoms with Gasteiger partial charge >= 0.3 is 0 Å². The molecular formula is C12H19N5O. The minimum Gasteiger partial charge on any atom is -0.362 e. The van der Waals surface area contributed by atoms with Crippen molar-refractivity contribution < 1.29 is 4.79 Å². The number of rotatable bonds is 2. The fourth-order valence-electron chi connectivity index (χ4n) is 1.51. The highest BCUT2D eigenvalue weighted by molar-refractivity contribution is 5.95. The number of anilines is 2. The second kappa shape index (κ2) is 4.69. The standard InChI is InChI=1S/C12H19N5O/c1-12(2,3)11(18)14-9-8(7-13)10(16(4)5)17(6)15-9/h1-6H3,(H,14,15,18). The predicted octanol–water partition coefficient (Wildman–Crippen LogP) is 1.34. The second-order valence-electron chi connectivity index (χ2n) is 5.38. The smallest absolute Gasteiger partial charge is 0.230 e. The lowest BCUT2D eigenvalue weighted by Crippen LogP contribution is -2.28. The molecule has 1 heterocycles. The van der Waals surface area contributed by atoms with Gasteiger partial charge < -0.3 is 10.2 Å². The summed E-state index contributed by atoms with van der Waals surface area (Å²) in [5, 5.41) is 16.1. The van der Waals surface area contributed by atoms with Crippen molar-refractivity contribution in [1.29, 1.82) is 5.26 Å². The van der Waals surface area contributed by atoms with Crippen LogP contribution in [-0.4, -0.2) is 29.8 Å². The number of aryl methyl sites for hydroxylation is 1. The van der Waals surface area contributed by atoms with E-state index in [1.165, 1.54) is 0 Å². The molecule has 1 aromatic rings. The normalized spacial score (nSPS) is 10.9. The molecule has 98 valence electrons. The molecule has 0 saturated heterocycles. The minimum atomic E-state index is -0.525. The maximum absolute atomic E-state index is 11.9. The lowest BCUT2D eigenvalue weighted by atomic mass is 9.96. The molecule has 6 heteroatoms. The van der Waals surface area contributed by atoms with Crippen LogP contribution in [0, 0.1) is 16.7 Å². The Labute approximate surface area is 107 Å². The van der Waals surface area contributed by atoms with Gasteiger partial charge in [0, 0.05) is 26.6 Å². The zero-order valence-corrected chi connectivity index (χ0v) is 11.7. The first kappa shape index (κ1) is 14.0. The van der Waals surface area contributed by atoms with Gasteiger partial charge in [0.05, 0.1) is 0 Å². The topological polar surface area (TPSA) is 74.0 Å². The molecule has 6 nitrogen and oxygen atoms in total. The van der Waals surface area contributed by atoms with E-state index in [0.717, 1.165) is 0 Å². The molecule has 0 spiro atoms. The van der Waals surface area contributed by atoms with Gasteiger partial charge in [-0.1, -0.05) is 20.8 Å². The minimum absolute atomic E-state index is 0.164. The summed E-state index contributed by atoms with van der Waals surface area (Å²) in [5.74, 6) is 0.813. The Morgan fingerprint density at radius 2 is 2.00 bits per heavy atom. The van der Waals surface area contributed by atoms with Gasteiger partial charge in [-0.25, -0.2) is 4.68 Å². The molecule has 0 radical (unpaired) electrons. The molecule has 0 fully saturated rings. The maximum atomic E-state index is 11.9. The summed E-state index contributed by atoms with van der Waals surface area (Å²) in [6.07, 6.45) is 0. The summed E-state index contributed by atoms with van der Waals surface area (Å²) in [6.45, 7) is 5.43. The van der Waals surface area contributed by atoms with Gasteiger partial charge in [0.1, 0.15) is 17.5 Å². The zero-order chi connectivity index (χ0) is 14.1. The molecule has 1 amide bonds. The van der Waals surface area contributed by atoms with Crippen LogP contribution in [0.1, 0.15) is 26.3 Å². The highest BCUT2D eigenvalue weighted by atomic mass is 16.2. The van der Waals surface area contributed by atoms with Gasteiger partial charge in [-0.2, -0.15) is 10.4 Å². The fraction of sp³-hybridized carbons (Fsp3) is 0.583. The largest absolute Gasteiger partial charge is 0.362 e. The Balaban J connectivity index is 3.17. The molecule has 0 atom stereocenters. The van der Waals surface area contributed by atoms with Gasteiger partial charge in [-0.3, -0.25) is 4.79 Å². The summed E-state index contributed by atoms with van der Waals surface area (Å²) < 4.78 is 1.58. The third-order valence-corrected chi connectivity index (χ3v) is 2.47. The van der Waals surface area contributed by atoms with Crippen molar-refractivity contribution in [3.05, 3.63) is 5.56 Å². The first-order valence-electron chi connectivity index (χ1n) is 5.64. The third-order valence-electron chi connectivity index (χ3n) is 2.47. The van der Waals surface area contributed by atoms with Crippen LogP contribution in [0.3, 0.4) is 0 Å². The van der Waals surface area contributed by atoms with E-state index in [9.17, 15) is 10.1 Å². The molecule has 0 saturated carbocycles. The number of hydrogen-bond donors (Lipinski definition) is 1. The molecule has 1 rings (SSSR count). The first-order chi connectivity index (χ1) is 8.18. The van der Waals surface area contributed by atoms with E-state index >= 15 is 0 Å². The Morgan fingerprint density at radius 3 is 2.39 bits per heavy atom. The summed E-state index contributed by atoms with van der Waals surface area (Å²) in [6, 6.07) is 2.08. The van der Waals surface area contributed by atoms with Crippen LogP contribution in [0.2, 0.25) is 0 Å². The quantitative estimate of drug-likeness (QED) is 0.858. The molecule has 0 aromatic carbocycles. The van der Waals surface area contributed by atoms with Gasteiger partial charge in [-0.05, 0) is 0 Å². The van der Waals surface area contributed by atoms with E-state index in [1.807, 2.05) is 34.9 Å². The molecule has 0 bridgehead atoms. The van der Waals surface area contributed by atoms with E-state index in [1.54, 1.807) is 16.6 Å². The van der Waals surface area contributed by atoms with Crippen molar-refractivity contribution in [2.45, 2.75) is 20.8 Å². The summed E-state index contributed by atoms with van der Waals surface area (Å²) >= 11 is 0. The maximum Gasteiger partial charge on any atom is 0.230 e. The van der Waals surface area contributed by atoms with Crippen LogP contribution in [-0.2, 0) is 11.8 Å². The first-order valence-corrected chi connectivity index (χ1v) is 5.64. The van der Waals surface area contributed by atoms with Crippen LogP contribution in [0.15, 0.2) is 0 Å². The van der Waals surface area contributed by atoms with Crippen molar-refractivity contribution in [1.82, 2.24) is 9.78 Å². The van der Waals surface area contributed by atoms with E-state index < -0.39 is 5.41 Å². The van der Waals surface area contributed by atoms with Gasteiger partial charge in [0.2, 0.25) is 5.91 Å². The number of amides is 1. The molecule has 0 aliphatic heterocycles. The van der Waals surface area contributed by atoms with Crippen LogP contribution in [0.25, 0.3) is 0 Å². The highest BCUT2D eigenvalue weighted by Gasteiger charge is 2.25. The average Bonchev–Trinajstić information content (AvgIpc) is 2.52. The summed E-state index contributed by atoms with van der Waals surface area (Å²) in [5.41, 5.74) is -0.150. The molecule has 1 N–H and O–H groups in total. The monoisotopic (exact) mass is 249 g/mol. The van der Waals surface area contributed by atoms with Crippen LogP contribution >= 0.6 is 0 Å². The van der Waals surface area contributed by atoms with Gasteiger partial charge in [0.25, 0.3) is 0 Å². The number of hydrogen-bond acceptors (Lipinski definition) is 4. The van der Waals surface area contributed by atoms with E-state index in [0.29, 0.717) is 17.2 Å². The van der Waals surface area contributed by atoms with Crippen molar-refractivity contribution in [2.24, 2.45) is 12.5 Å². The summed E-state index contributed by atoms with van der Waals surface area (Å²) in [7, 11) is 5.39. The number of nitrogens with one attached hydrogen (secondary N) is 1. The van der Waals surface area contributed by atoms with Crippen molar-refractivity contribution in [2.75, 3.05) is 24.3 Å². The number of carbonyl (C=O) groups is 1. The second-order valence-corrected chi connectivity index (χ2v) is 5.38. The average molecular weight is 249 g/mol. The van der Waals surface area contributed by atoms with Crippen LogP contribution in [0.4, 0.5) is 11.6 Å². The van der Waals surface area contributed by atoms with Crippen LogP contribution in [0.5, 0.6) is 0 Å². The molecule has 18 heavy (non-hydrogen) atoms. The Bertz CT molecular complexity index is 502. The fourth-order valence-corrected chi connectivity index (χ4v) is 1.51. The van der Waals surface area contributed by atoms with Gasteiger partial charge in [0.15, 0.2) is 5.82 Å². The van der Waals surface area contributed by atoms with Gasteiger partial charge in [-0.15, -0.1) is 0 Å². The number of carbonyl (C=O) groups excluding carboxylic acids is 1. The molecule has 0 unspecified atom stereocenters. The number of nitriles is 1. The SMILES string of the molecule is CN(C)c1c(C#N)c(NC(=O)C(C)(C)C)nn1C. The lowest BCUT2D eigenvalue weighted by Gasteiger charge is -2.16. The number of nitrogens with zero attached hydrogens (tertiary/aromatic N) is 4. The highest BCUT2D eigenvalue weighted by Crippen LogP contribution is 2.26. The molecule has 0 aliphatic rings. The number of aromatic nitrogens is 2. The summed E-state index contributed by atoms with van der Waals surface area (Å²) in [4.78, 5) is 13.7. The zero-order valence-electron chi connectivity index (χ0n) is 11.7. The molecule has 1 aromatic heterocycles. The van der Waals surface area contributed by atoms with Crippen molar-refractivity contribution >= 4 is 17.5 Å². The van der Waals surface area contributed by atoms with Crippen molar-refractivity contribution in [3.8, 4) is 6.07 Å². The van der Waals surface area contributed by atoms with E-state index in [2.05, 4.69) is 16.5 Å². The molecule has 0 aliphatic carbocycles. The third kappa shape index (κ3) is 2.62. The molecular weight excluding hydrogens is 230 g/mol. The lowest BCUT2D eigenvalue weighted by molar-refractivity contribution is -0.123. The van der Waals surface area contributed by atoms with Crippen molar-refractivity contribution in [3.63, 3.8) is 0 Å². The van der Waals surface area contributed by atoms with E-state index in [4.69, 9.17) is 0 Å². The Hall–Kier alpha value is -2.03. The van der Waals surface area contributed by atoms with E-state index in [-0.39, 0.29) is 5.91 Å². The Kier molecular flexibility index (Phi) is 3.65. The van der Waals surface area contributed by atoms with Crippen LogP contribution < -0.4 is 10.2 Å².